The topological polar surface area (TPSA) is 111 Å². The van der Waals surface area contributed by atoms with E-state index in [2.05, 4.69) is 135 Å². The highest BCUT2D eigenvalue weighted by atomic mass is 31.2. The number of esters is 2. The predicted octanol–water partition coefficient (Wildman–Crippen LogP) is 16.6. The molecular formula is C61H102NO8P. The van der Waals surface area contributed by atoms with Gasteiger partial charge >= 0.3 is 11.9 Å². The first kappa shape index (κ1) is 67.4. The number of phosphoric ester groups is 1. The number of quaternary nitrogens is 1. The van der Waals surface area contributed by atoms with Gasteiger partial charge < -0.3 is 27.9 Å². The van der Waals surface area contributed by atoms with Crippen molar-refractivity contribution in [3.63, 3.8) is 0 Å². The Balaban J connectivity index is 4.14. The van der Waals surface area contributed by atoms with E-state index in [-0.39, 0.29) is 26.1 Å². The summed E-state index contributed by atoms with van der Waals surface area (Å²) in [6.07, 6.45) is 72.5. The Morgan fingerprint density at radius 3 is 1.20 bits per heavy atom. The van der Waals surface area contributed by atoms with Crippen LogP contribution in [-0.2, 0) is 32.7 Å². The minimum absolute atomic E-state index is 0.0390. The second-order valence-electron chi connectivity index (χ2n) is 19.2. The fourth-order valence-electron chi connectivity index (χ4n) is 6.98. The van der Waals surface area contributed by atoms with E-state index in [0.29, 0.717) is 17.4 Å². The second kappa shape index (κ2) is 51.3. The molecule has 0 aliphatic carbocycles. The molecule has 0 rings (SSSR count). The molecule has 0 aromatic rings. The van der Waals surface area contributed by atoms with Crippen molar-refractivity contribution in [2.45, 2.75) is 206 Å². The maximum Gasteiger partial charge on any atom is 0.306 e. The van der Waals surface area contributed by atoms with E-state index in [9.17, 15) is 19.0 Å². The molecule has 0 amide bonds. The maximum absolute atomic E-state index is 12.7. The lowest BCUT2D eigenvalue weighted by atomic mass is 10.1. The first-order chi connectivity index (χ1) is 34.5. The molecule has 0 spiro atoms. The third-order valence-corrected chi connectivity index (χ3v) is 12.2. The Bertz CT molecular complexity index is 1610. The molecule has 0 saturated heterocycles. The van der Waals surface area contributed by atoms with Gasteiger partial charge in [-0.1, -0.05) is 219 Å². The van der Waals surface area contributed by atoms with Crippen LogP contribution in [0.2, 0.25) is 0 Å². The van der Waals surface area contributed by atoms with Crippen LogP contribution in [0.5, 0.6) is 0 Å². The summed E-state index contributed by atoms with van der Waals surface area (Å²) in [5.41, 5.74) is 0. The van der Waals surface area contributed by atoms with Crippen molar-refractivity contribution in [2.24, 2.45) is 0 Å². The highest BCUT2D eigenvalue weighted by molar-refractivity contribution is 7.45. The van der Waals surface area contributed by atoms with Crippen LogP contribution in [-0.4, -0.2) is 70.0 Å². The molecule has 0 N–H and O–H groups in total. The van der Waals surface area contributed by atoms with Gasteiger partial charge in [0.25, 0.3) is 7.82 Å². The summed E-state index contributed by atoms with van der Waals surface area (Å²) in [6.45, 7) is 4.06. The molecule has 0 heterocycles. The molecule has 9 nitrogen and oxygen atoms in total. The highest BCUT2D eigenvalue weighted by Crippen LogP contribution is 2.38. The first-order valence-corrected chi connectivity index (χ1v) is 29.2. The quantitative estimate of drug-likeness (QED) is 0.0195. The molecule has 0 aliphatic heterocycles. The Kier molecular flexibility index (Phi) is 48.7. The van der Waals surface area contributed by atoms with Crippen LogP contribution in [0, 0.1) is 0 Å². The molecule has 0 aromatic carbocycles. The number of carbonyl (C=O) groups excluding carboxylic acids is 2. The minimum Gasteiger partial charge on any atom is -0.756 e. The number of hydrogen-bond donors (Lipinski definition) is 0. The number of hydrogen-bond acceptors (Lipinski definition) is 8. The van der Waals surface area contributed by atoms with Crippen molar-refractivity contribution in [3.05, 3.63) is 122 Å². The van der Waals surface area contributed by atoms with E-state index in [4.69, 9.17) is 18.5 Å². The van der Waals surface area contributed by atoms with E-state index in [0.717, 1.165) is 122 Å². The summed E-state index contributed by atoms with van der Waals surface area (Å²) in [5.74, 6) is -0.860. The second-order valence-corrected chi connectivity index (χ2v) is 20.6. The molecule has 10 heteroatoms. The highest BCUT2D eigenvalue weighted by Gasteiger charge is 2.21. The van der Waals surface area contributed by atoms with Gasteiger partial charge in [0.2, 0.25) is 0 Å². The van der Waals surface area contributed by atoms with Crippen molar-refractivity contribution in [3.8, 4) is 0 Å². The summed E-state index contributed by atoms with van der Waals surface area (Å²) >= 11 is 0. The SMILES string of the molecule is CC/C=C\C/C=C\C/C=C\C/C=C\C/C=C\C/C=C\C/C=C\C/C=C\C/C=C\C/C=C\CCCCCCCCC(=O)OC(COC(=O)CCCCCCCCCCCC)COP(=O)([O-])OCC[N+](C)(C)C. The minimum atomic E-state index is -4.64. The summed E-state index contributed by atoms with van der Waals surface area (Å²) in [6, 6.07) is 0. The monoisotopic (exact) mass is 1010 g/mol. The first-order valence-electron chi connectivity index (χ1n) is 27.7. The molecule has 404 valence electrons. The van der Waals surface area contributed by atoms with Crippen LogP contribution in [0.3, 0.4) is 0 Å². The van der Waals surface area contributed by atoms with E-state index >= 15 is 0 Å². The van der Waals surface area contributed by atoms with Crippen LogP contribution in [0.15, 0.2) is 122 Å². The average Bonchev–Trinajstić information content (AvgIpc) is 3.33. The van der Waals surface area contributed by atoms with Gasteiger partial charge in [0.15, 0.2) is 6.10 Å². The van der Waals surface area contributed by atoms with Crippen LogP contribution in [0.25, 0.3) is 0 Å². The average molecular weight is 1010 g/mol. The van der Waals surface area contributed by atoms with Gasteiger partial charge in [0, 0.05) is 12.8 Å². The molecule has 0 fully saturated rings. The summed E-state index contributed by atoms with van der Waals surface area (Å²) in [7, 11) is 1.14. The van der Waals surface area contributed by atoms with Gasteiger partial charge in [-0.3, -0.25) is 14.2 Å². The Morgan fingerprint density at radius 2 is 0.803 bits per heavy atom. The number of unbranched alkanes of at least 4 members (excludes halogenated alkanes) is 15. The normalized spacial score (nSPS) is 14.3. The summed E-state index contributed by atoms with van der Waals surface area (Å²) in [5, 5.41) is 0. The lowest BCUT2D eigenvalue weighted by Crippen LogP contribution is -2.37. The van der Waals surface area contributed by atoms with Crippen LogP contribution in [0.1, 0.15) is 200 Å². The summed E-state index contributed by atoms with van der Waals surface area (Å²) in [4.78, 5) is 37.6. The van der Waals surface area contributed by atoms with Gasteiger partial charge in [0.1, 0.15) is 19.8 Å². The zero-order valence-corrected chi connectivity index (χ0v) is 46.5. The predicted molar refractivity (Wildman–Crippen MR) is 300 cm³/mol. The molecule has 0 saturated carbocycles. The van der Waals surface area contributed by atoms with Crippen LogP contribution in [0.4, 0.5) is 0 Å². The molecule has 0 aliphatic rings. The Morgan fingerprint density at radius 1 is 0.451 bits per heavy atom. The maximum atomic E-state index is 12.7. The molecular weight excluding hydrogens is 906 g/mol. The fourth-order valence-corrected chi connectivity index (χ4v) is 7.70. The molecule has 2 unspecified atom stereocenters. The van der Waals surface area contributed by atoms with Crippen molar-refractivity contribution >= 4 is 19.8 Å². The number of rotatable bonds is 49. The van der Waals surface area contributed by atoms with E-state index in [1.807, 2.05) is 21.1 Å². The summed E-state index contributed by atoms with van der Waals surface area (Å²) < 4.78 is 34.0. The van der Waals surface area contributed by atoms with Crippen molar-refractivity contribution in [1.29, 1.82) is 0 Å². The van der Waals surface area contributed by atoms with Gasteiger partial charge in [-0.05, 0) is 89.9 Å². The smallest absolute Gasteiger partial charge is 0.306 e. The lowest BCUT2D eigenvalue weighted by molar-refractivity contribution is -0.870. The molecule has 71 heavy (non-hydrogen) atoms. The molecule has 0 radical (unpaired) electrons. The van der Waals surface area contributed by atoms with E-state index in [1.165, 1.54) is 44.9 Å². The van der Waals surface area contributed by atoms with E-state index < -0.39 is 32.5 Å². The zero-order valence-electron chi connectivity index (χ0n) is 45.6. The lowest BCUT2D eigenvalue weighted by Gasteiger charge is -2.28. The number of ether oxygens (including phenoxy) is 2. The number of phosphoric acid groups is 1. The van der Waals surface area contributed by atoms with Crippen LogP contribution >= 0.6 is 7.82 Å². The van der Waals surface area contributed by atoms with Gasteiger partial charge in [-0.15, -0.1) is 0 Å². The number of carbonyl (C=O) groups is 2. The van der Waals surface area contributed by atoms with Crippen molar-refractivity contribution < 1.29 is 42.1 Å². The van der Waals surface area contributed by atoms with Gasteiger partial charge in [-0.25, -0.2) is 0 Å². The van der Waals surface area contributed by atoms with Crippen molar-refractivity contribution in [2.75, 3.05) is 47.5 Å². The largest absolute Gasteiger partial charge is 0.756 e. The standard InChI is InChI=1S/C61H102NO8P/c1-6-8-10-12-14-16-18-19-20-21-22-23-24-25-26-27-28-29-30-31-32-33-34-35-36-37-38-39-40-41-42-43-44-46-48-50-52-54-61(64)70-59(58-69-71(65,66)68-56-55-62(3,4)5)57-67-60(63)53-51-49-47-45-17-15-13-11-9-7-2/h8,10,14,16,19-20,22-23,25-26,28-29,31-32,34-35,37-38,40-41,59H,6-7,9,11-13,15,17-18,21,24,27,30,33,36,39,42-58H2,1-5H3/b10-8-,16-14-,20-19-,23-22-,26-25-,29-28-,32-31-,35-34-,38-37-,41-40-. The number of allylic oxidation sites excluding steroid dienone is 20. The molecule has 0 aromatic heterocycles. The Hall–Kier alpha value is -3.59. The third-order valence-electron chi connectivity index (χ3n) is 11.2. The van der Waals surface area contributed by atoms with Gasteiger partial charge in [-0.2, -0.15) is 0 Å². The molecule has 2 atom stereocenters. The van der Waals surface area contributed by atoms with Gasteiger partial charge in [0.05, 0.1) is 27.7 Å². The third kappa shape index (κ3) is 55.6. The zero-order chi connectivity index (χ0) is 52.0. The van der Waals surface area contributed by atoms with Crippen molar-refractivity contribution in [1.82, 2.24) is 0 Å². The number of likely N-dealkylation sites (N-methyl/N-ethyl adjacent to an activating group) is 1. The Labute approximate surface area is 435 Å². The number of nitrogens with zero attached hydrogens (tertiary/aromatic N) is 1. The van der Waals surface area contributed by atoms with Crippen LogP contribution < -0.4 is 4.89 Å². The molecule has 0 bridgehead atoms. The van der Waals surface area contributed by atoms with E-state index in [1.54, 1.807) is 0 Å². The fraction of sp³-hybridized carbons (Fsp3) is 0.639.